The highest BCUT2D eigenvalue weighted by Crippen LogP contribution is 2.06. The fourth-order valence-corrected chi connectivity index (χ4v) is 1.10. The zero-order valence-corrected chi connectivity index (χ0v) is 6.79. The van der Waals surface area contributed by atoms with Crippen LogP contribution in [0.1, 0.15) is 10.5 Å². The van der Waals surface area contributed by atoms with E-state index >= 15 is 0 Å². The molecule has 0 saturated heterocycles. The van der Waals surface area contributed by atoms with Crippen LogP contribution in [-0.4, -0.2) is 21.1 Å². The van der Waals surface area contributed by atoms with Crippen LogP contribution in [0.2, 0.25) is 0 Å². The molecule has 4 nitrogen and oxygen atoms in total. The number of carbonyl (C=O) groups is 1. The minimum atomic E-state index is 0.534. The van der Waals surface area contributed by atoms with E-state index in [1.54, 1.807) is 41.5 Å². The zero-order valence-electron chi connectivity index (χ0n) is 6.79. The summed E-state index contributed by atoms with van der Waals surface area (Å²) in [5, 5.41) is 4.01. The first-order chi connectivity index (χ1) is 6.42. The number of hydrogen-bond donors (Lipinski definition) is 0. The third kappa shape index (κ3) is 1.33. The Kier molecular flexibility index (Phi) is 1.88. The van der Waals surface area contributed by atoms with E-state index < -0.39 is 0 Å². The summed E-state index contributed by atoms with van der Waals surface area (Å²) < 4.78 is 1.56. The normalized spacial score (nSPS) is 9.85. The van der Waals surface area contributed by atoms with Crippen molar-refractivity contribution in [3.63, 3.8) is 0 Å². The molecule has 4 heteroatoms. The second kappa shape index (κ2) is 3.18. The van der Waals surface area contributed by atoms with Crippen LogP contribution in [0.4, 0.5) is 0 Å². The first kappa shape index (κ1) is 7.67. The number of aldehydes is 1. The van der Waals surface area contributed by atoms with Gasteiger partial charge in [0.2, 0.25) is 0 Å². The Balaban J connectivity index is 2.52. The summed E-state index contributed by atoms with van der Waals surface area (Å²) >= 11 is 0. The maximum absolute atomic E-state index is 10.6. The molecule has 0 amide bonds. The topological polar surface area (TPSA) is 47.8 Å². The molecule has 0 unspecified atom stereocenters. The van der Waals surface area contributed by atoms with Crippen molar-refractivity contribution < 1.29 is 4.79 Å². The maximum atomic E-state index is 10.6. The second-order valence-electron chi connectivity index (χ2n) is 2.49. The Morgan fingerprint density at radius 3 is 2.62 bits per heavy atom. The summed E-state index contributed by atoms with van der Waals surface area (Å²) in [6, 6.07) is 5.24. The van der Waals surface area contributed by atoms with Crippen molar-refractivity contribution in [2.24, 2.45) is 0 Å². The zero-order chi connectivity index (χ0) is 9.10. The molecule has 64 valence electrons. The monoisotopic (exact) mass is 173 g/mol. The standard InChI is InChI=1S/C9H7N3O/c13-7-9-3-6-11-12(9)8-1-4-10-5-2-8/h1-7H. The first-order valence-electron chi connectivity index (χ1n) is 3.81. The van der Waals surface area contributed by atoms with Crippen LogP contribution in [-0.2, 0) is 0 Å². The molecule has 0 aliphatic carbocycles. The molecule has 0 bridgehead atoms. The molecular weight excluding hydrogens is 166 g/mol. The van der Waals surface area contributed by atoms with Gasteiger partial charge in [0.15, 0.2) is 6.29 Å². The van der Waals surface area contributed by atoms with E-state index in [0.717, 1.165) is 12.0 Å². The van der Waals surface area contributed by atoms with E-state index in [-0.39, 0.29) is 0 Å². The van der Waals surface area contributed by atoms with Crippen molar-refractivity contribution in [3.05, 3.63) is 42.5 Å². The van der Waals surface area contributed by atoms with Crippen molar-refractivity contribution >= 4 is 6.29 Å². The predicted molar refractivity (Wildman–Crippen MR) is 46.7 cm³/mol. The lowest BCUT2D eigenvalue weighted by atomic mass is 10.4. The second-order valence-corrected chi connectivity index (χ2v) is 2.49. The molecule has 0 saturated carbocycles. The van der Waals surface area contributed by atoms with Gasteiger partial charge < -0.3 is 0 Å². The van der Waals surface area contributed by atoms with E-state index in [1.807, 2.05) is 0 Å². The maximum Gasteiger partial charge on any atom is 0.168 e. The van der Waals surface area contributed by atoms with Crippen molar-refractivity contribution in [1.82, 2.24) is 14.8 Å². The predicted octanol–water partition coefficient (Wildman–Crippen LogP) is 1.08. The molecule has 0 aliphatic rings. The van der Waals surface area contributed by atoms with Crippen LogP contribution in [0, 0.1) is 0 Å². The van der Waals surface area contributed by atoms with Crippen LogP contribution < -0.4 is 0 Å². The van der Waals surface area contributed by atoms with E-state index in [2.05, 4.69) is 10.1 Å². The number of carbonyl (C=O) groups excluding carboxylic acids is 1. The lowest BCUT2D eigenvalue weighted by molar-refractivity contribution is 0.111. The SMILES string of the molecule is O=Cc1ccnn1-c1ccncc1. The van der Waals surface area contributed by atoms with Crippen molar-refractivity contribution in [2.45, 2.75) is 0 Å². The van der Waals surface area contributed by atoms with Crippen molar-refractivity contribution in [1.29, 1.82) is 0 Å². The van der Waals surface area contributed by atoms with Gasteiger partial charge in [-0.15, -0.1) is 0 Å². The highest BCUT2D eigenvalue weighted by atomic mass is 16.1. The molecule has 0 aromatic carbocycles. The minimum Gasteiger partial charge on any atom is -0.296 e. The van der Waals surface area contributed by atoms with Gasteiger partial charge in [0.25, 0.3) is 0 Å². The van der Waals surface area contributed by atoms with Gasteiger partial charge in [0, 0.05) is 12.4 Å². The van der Waals surface area contributed by atoms with E-state index in [0.29, 0.717) is 5.69 Å². The molecule has 0 fully saturated rings. The number of rotatable bonds is 2. The Labute approximate surface area is 74.8 Å². The number of nitrogens with zero attached hydrogens (tertiary/aromatic N) is 3. The summed E-state index contributed by atoms with van der Waals surface area (Å²) in [5.41, 5.74) is 1.37. The average Bonchev–Trinajstić information content (AvgIpc) is 2.67. The molecule has 2 heterocycles. The lowest BCUT2D eigenvalue weighted by Crippen LogP contribution is -2.00. The van der Waals surface area contributed by atoms with E-state index in [1.165, 1.54) is 0 Å². The molecule has 0 N–H and O–H groups in total. The summed E-state index contributed by atoms with van der Waals surface area (Å²) in [6.45, 7) is 0. The van der Waals surface area contributed by atoms with Gasteiger partial charge in [-0.2, -0.15) is 5.10 Å². The Hall–Kier alpha value is -1.97. The van der Waals surface area contributed by atoms with Gasteiger partial charge in [0.1, 0.15) is 5.69 Å². The highest BCUT2D eigenvalue weighted by molar-refractivity contribution is 5.73. The quantitative estimate of drug-likeness (QED) is 0.638. The van der Waals surface area contributed by atoms with Gasteiger partial charge in [-0.1, -0.05) is 0 Å². The molecular formula is C9H7N3O. The van der Waals surface area contributed by atoms with Crippen LogP contribution in [0.3, 0.4) is 0 Å². The van der Waals surface area contributed by atoms with Crippen LogP contribution >= 0.6 is 0 Å². The molecule has 0 aliphatic heterocycles. The molecule has 2 rings (SSSR count). The summed E-state index contributed by atoms with van der Waals surface area (Å²) in [7, 11) is 0. The average molecular weight is 173 g/mol. The summed E-state index contributed by atoms with van der Waals surface area (Å²) in [6.07, 6.45) is 5.68. The van der Waals surface area contributed by atoms with E-state index in [9.17, 15) is 4.79 Å². The number of hydrogen-bond acceptors (Lipinski definition) is 3. The summed E-state index contributed by atoms with van der Waals surface area (Å²) in [4.78, 5) is 14.5. The minimum absolute atomic E-state index is 0.534. The van der Waals surface area contributed by atoms with Crippen LogP contribution in [0.25, 0.3) is 5.69 Å². The number of pyridine rings is 1. The van der Waals surface area contributed by atoms with Crippen LogP contribution in [0.5, 0.6) is 0 Å². The Morgan fingerprint density at radius 1 is 1.15 bits per heavy atom. The largest absolute Gasteiger partial charge is 0.296 e. The molecule has 0 atom stereocenters. The molecule has 2 aromatic rings. The molecule has 0 spiro atoms. The fraction of sp³-hybridized carbons (Fsp3) is 0. The third-order valence-corrected chi connectivity index (χ3v) is 1.70. The number of aromatic nitrogens is 3. The molecule has 0 radical (unpaired) electrons. The highest BCUT2D eigenvalue weighted by Gasteiger charge is 2.01. The Bertz CT molecular complexity index is 408. The van der Waals surface area contributed by atoms with Crippen molar-refractivity contribution in [2.75, 3.05) is 0 Å². The fourth-order valence-electron chi connectivity index (χ4n) is 1.10. The first-order valence-corrected chi connectivity index (χ1v) is 3.81. The van der Waals surface area contributed by atoms with Crippen molar-refractivity contribution in [3.8, 4) is 5.69 Å². The third-order valence-electron chi connectivity index (χ3n) is 1.70. The van der Waals surface area contributed by atoms with E-state index in [4.69, 9.17) is 0 Å². The van der Waals surface area contributed by atoms with Gasteiger partial charge in [-0.05, 0) is 18.2 Å². The van der Waals surface area contributed by atoms with Crippen LogP contribution in [0.15, 0.2) is 36.8 Å². The van der Waals surface area contributed by atoms with Gasteiger partial charge in [-0.25, -0.2) is 4.68 Å². The lowest BCUT2D eigenvalue weighted by Gasteiger charge is -2.00. The van der Waals surface area contributed by atoms with Gasteiger partial charge in [0.05, 0.1) is 11.9 Å². The van der Waals surface area contributed by atoms with Gasteiger partial charge in [-0.3, -0.25) is 9.78 Å². The molecule has 2 aromatic heterocycles. The van der Waals surface area contributed by atoms with Gasteiger partial charge >= 0.3 is 0 Å². The Morgan fingerprint density at radius 2 is 1.92 bits per heavy atom. The molecule has 13 heavy (non-hydrogen) atoms. The smallest absolute Gasteiger partial charge is 0.168 e. The summed E-state index contributed by atoms with van der Waals surface area (Å²) in [5.74, 6) is 0.